The first-order valence-corrected chi connectivity index (χ1v) is 15.2. The van der Waals surface area contributed by atoms with Gasteiger partial charge in [0.25, 0.3) is 0 Å². The zero-order chi connectivity index (χ0) is 28.6. The number of anilines is 1. The molecule has 4 unspecified atom stereocenters. The van der Waals surface area contributed by atoms with E-state index < -0.39 is 12.0 Å². The molecule has 4 aromatic rings. The second kappa shape index (κ2) is 9.89. The van der Waals surface area contributed by atoms with E-state index in [0.29, 0.717) is 41.8 Å². The van der Waals surface area contributed by atoms with Crippen LogP contribution in [0.5, 0.6) is 11.8 Å². The Labute approximate surface area is 247 Å². The van der Waals surface area contributed by atoms with Gasteiger partial charge in [0.15, 0.2) is 5.82 Å². The zero-order valence-corrected chi connectivity index (χ0v) is 23.9. The van der Waals surface area contributed by atoms with Gasteiger partial charge in [0, 0.05) is 49.1 Å². The summed E-state index contributed by atoms with van der Waals surface area (Å²) in [5.74, 6) is 0.0216. The number of phenols is 1. The van der Waals surface area contributed by atoms with Crippen molar-refractivity contribution < 1.29 is 18.6 Å². The predicted molar refractivity (Wildman–Crippen MR) is 160 cm³/mol. The Morgan fingerprint density at radius 2 is 1.88 bits per heavy atom. The second-order valence-electron chi connectivity index (χ2n) is 12.4. The summed E-state index contributed by atoms with van der Waals surface area (Å²) in [7, 11) is 0. The molecule has 5 heterocycles. The molecule has 218 valence electrons. The molecule has 8 rings (SSSR count). The van der Waals surface area contributed by atoms with Crippen LogP contribution in [0.2, 0.25) is 5.02 Å². The SMILES string of the molecule is Oc1cc(-c2c(Cl)cc3c(N4CC5CCC(C4)N5)nc(OCC45CCCN4CC(F)C5)nc3c2F)c2ccccc2c1. The van der Waals surface area contributed by atoms with Gasteiger partial charge in [-0.3, -0.25) is 4.90 Å². The third-order valence-corrected chi connectivity index (χ3v) is 10.0. The van der Waals surface area contributed by atoms with Crippen molar-refractivity contribution in [1.82, 2.24) is 20.2 Å². The summed E-state index contributed by atoms with van der Waals surface area (Å²) in [5, 5.41) is 16.4. The number of fused-ring (bicyclic) bond motifs is 5. The molecule has 4 fully saturated rings. The first kappa shape index (κ1) is 26.4. The van der Waals surface area contributed by atoms with Crippen LogP contribution in [0.15, 0.2) is 42.5 Å². The molecule has 4 aliphatic rings. The van der Waals surface area contributed by atoms with Crippen molar-refractivity contribution >= 4 is 39.1 Å². The molecular formula is C32H32ClF2N5O2. The third kappa shape index (κ3) is 4.28. The largest absolute Gasteiger partial charge is 0.508 e. The van der Waals surface area contributed by atoms with Crippen molar-refractivity contribution in [1.29, 1.82) is 0 Å². The van der Waals surface area contributed by atoms with Gasteiger partial charge >= 0.3 is 6.01 Å². The molecule has 0 aliphatic carbocycles. The van der Waals surface area contributed by atoms with Crippen LogP contribution in [0.1, 0.15) is 32.1 Å². The smallest absolute Gasteiger partial charge is 0.319 e. The van der Waals surface area contributed by atoms with E-state index in [4.69, 9.17) is 21.3 Å². The van der Waals surface area contributed by atoms with Crippen LogP contribution >= 0.6 is 11.6 Å². The van der Waals surface area contributed by atoms with Crippen LogP contribution in [0.3, 0.4) is 0 Å². The Hall–Kier alpha value is -3.27. The highest BCUT2D eigenvalue weighted by Gasteiger charge is 2.49. The number of ether oxygens (including phenoxy) is 1. The lowest BCUT2D eigenvalue weighted by Gasteiger charge is -2.34. The molecule has 0 radical (unpaired) electrons. The standard InChI is InChI=1S/C32H32ClF2N5O2/c33-26-12-25-29(28(35)27(26)24-11-22(41)10-18-4-1-2-5-23(18)24)37-31(38-30(25)39-15-20-6-7-21(16-39)36-20)42-17-32-8-3-9-40(32)14-19(34)13-32/h1-2,4-5,10-12,19-21,36,41H,3,6-9,13-17H2. The molecule has 1 aromatic heterocycles. The summed E-state index contributed by atoms with van der Waals surface area (Å²) in [6.45, 7) is 3.00. The second-order valence-corrected chi connectivity index (χ2v) is 12.8. The molecule has 3 aromatic carbocycles. The van der Waals surface area contributed by atoms with E-state index in [1.165, 1.54) is 6.07 Å². The average Bonchev–Trinajstić information content (AvgIpc) is 3.62. The van der Waals surface area contributed by atoms with Gasteiger partial charge < -0.3 is 20.1 Å². The van der Waals surface area contributed by atoms with Gasteiger partial charge in [-0.1, -0.05) is 35.9 Å². The van der Waals surface area contributed by atoms with Gasteiger partial charge in [-0.15, -0.1) is 0 Å². The molecule has 4 aliphatic heterocycles. The lowest BCUT2D eigenvalue weighted by atomic mass is 9.95. The van der Waals surface area contributed by atoms with E-state index in [2.05, 4.69) is 20.1 Å². The molecule has 7 nitrogen and oxygen atoms in total. The first-order chi connectivity index (χ1) is 20.4. The number of benzene rings is 3. The van der Waals surface area contributed by atoms with Gasteiger partial charge in [0.1, 0.15) is 29.9 Å². The lowest BCUT2D eigenvalue weighted by molar-refractivity contribution is 0.107. The minimum absolute atomic E-state index is 0.0195. The first-order valence-electron chi connectivity index (χ1n) is 14.8. The molecule has 42 heavy (non-hydrogen) atoms. The minimum Gasteiger partial charge on any atom is -0.508 e. The highest BCUT2D eigenvalue weighted by Crippen LogP contribution is 2.44. The number of rotatable bonds is 5. The number of piperazine rings is 1. The fraction of sp³-hybridized carbons (Fsp3) is 0.438. The molecule has 2 N–H and O–H groups in total. The highest BCUT2D eigenvalue weighted by molar-refractivity contribution is 6.35. The van der Waals surface area contributed by atoms with Crippen LogP contribution < -0.4 is 15.0 Å². The molecule has 0 spiro atoms. The number of hydrogen-bond donors (Lipinski definition) is 2. The van der Waals surface area contributed by atoms with Crippen molar-refractivity contribution in [2.75, 3.05) is 37.7 Å². The predicted octanol–water partition coefficient (Wildman–Crippen LogP) is 5.84. The zero-order valence-electron chi connectivity index (χ0n) is 23.1. The summed E-state index contributed by atoms with van der Waals surface area (Å²) in [6.07, 6.45) is 3.57. The Bertz CT molecular complexity index is 1710. The quantitative estimate of drug-likeness (QED) is 0.302. The number of nitrogens with zero attached hydrogens (tertiary/aromatic N) is 4. The fourth-order valence-electron chi connectivity index (χ4n) is 7.83. The van der Waals surface area contributed by atoms with E-state index in [0.717, 1.165) is 56.1 Å². The maximum atomic E-state index is 16.8. The number of phenolic OH excluding ortho intramolecular Hbond substituents is 1. The maximum Gasteiger partial charge on any atom is 0.319 e. The van der Waals surface area contributed by atoms with Crippen molar-refractivity contribution in [3.8, 4) is 22.9 Å². The summed E-state index contributed by atoms with van der Waals surface area (Å²) < 4.78 is 37.5. The topological polar surface area (TPSA) is 73.8 Å². The van der Waals surface area contributed by atoms with E-state index in [1.54, 1.807) is 12.1 Å². The van der Waals surface area contributed by atoms with Crippen molar-refractivity contribution in [3.63, 3.8) is 0 Å². The fourth-order valence-corrected chi connectivity index (χ4v) is 8.13. The van der Waals surface area contributed by atoms with E-state index in [1.807, 2.05) is 24.3 Å². The Kier molecular flexibility index (Phi) is 6.21. The Balaban J connectivity index is 1.27. The van der Waals surface area contributed by atoms with Gasteiger partial charge in [0.2, 0.25) is 0 Å². The van der Waals surface area contributed by atoms with Crippen LogP contribution in [0, 0.1) is 5.82 Å². The van der Waals surface area contributed by atoms with Gasteiger partial charge in [-0.2, -0.15) is 9.97 Å². The molecule has 4 atom stereocenters. The van der Waals surface area contributed by atoms with Crippen molar-refractivity contribution in [2.45, 2.75) is 55.9 Å². The van der Waals surface area contributed by atoms with Crippen molar-refractivity contribution in [3.05, 3.63) is 53.3 Å². The van der Waals surface area contributed by atoms with Crippen LogP contribution in [0.25, 0.3) is 32.8 Å². The number of nitrogens with one attached hydrogen (secondary N) is 1. The highest BCUT2D eigenvalue weighted by atomic mass is 35.5. The molecule has 0 saturated carbocycles. The summed E-state index contributed by atoms with van der Waals surface area (Å²) >= 11 is 6.86. The van der Waals surface area contributed by atoms with Gasteiger partial charge in [-0.25, -0.2) is 8.78 Å². The average molecular weight is 592 g/mol. The van der Waals surface area contributed by atoms with E-state index >= 15 is 4.39 Å². The van der Waals surface area contributed by atoms with Crippen LogP contribution in [0.4, 0.5) is 14.6 Å². The Morgan fingerprint density at radius 3 is 2.71 bits per heavy atom. The van der Waals surface area contributed by atoms with E-state index in [-0.39, 0.29) is 40.0 Å². The summed E-state index contributed by atoms with van der Waals surface area (Å²) in [6, 6.07) is 13.2. The van der Waals surface area contributed by atoms with Crippen LogP contribution in [-0.2, 0) is 0 Å². The van der Waals surface area contributed by atoms with Crippen LogP contribution in [-0.4, -0.2) is 76.6 Å². The Morgan fingerprint density at radius 1 is 1.07 bits per heavy atom. The monoisotopic (exact) mass is 591 g/mol. The lowest BCUT2D eigenvalue weighted by Crippen LogP contribution is -2.51. The number of halogens is 3. The summed E-state index contributed by atoms with van der Waals surface area (Å²) in [4.78, 5) is 13.8. The molecular weight excluding hydrogens is 560 g/mol. The van der Waals surface area contributed by atoms with Crippen molar-refractivity contribution in [2.24, 2.45) is 0 Å². The van der Waals surface area contributed by atoms with E-state index in [9.17, 15) is 9.50 Å². The number of hydrogen-bond acceptors (Lipinski definition) is 7. The number of aromatic nitrogens is 2. The normalized spacial score (nSPS) is 27.3. The molecule has 0 amide bonds. The number of aromatic hydroxyl groups is 1. The van der Waals surface area contributed by atoms with Gasteiger partial charge in [-0.05, 0) is 66.8 Å². The minimum atomic E-state index is -0.877. The number of alkyl halides is 1. The molecule has 2 bridgehead atoms. The third-order valence-electron chi connectivity index (χ3n) is 9.71. The summed E-state index contributed by atoms with van der Waals surface area (Å²) in [5.41, 5.74) is 0.390. The molecule has 4 saturated heterocycles. The maximum absolute atomic E-state index is 16.8. The molecule has 10 heteroatoms. The van der Waals surface area contributed by atoms with Gasteiger partial charge in [0.05, 0.1) is 10.6 Å².